The number of imidazole rings is 1. The Morgan fingerprint density at radius 3 is 2.65 bits per heavy atom. The third-order valence-electron chi connectivity index (χ3n) is 3.61. The first kappa shape index (κ1) is 14.8. The van der Waals surface area contributed by atoms with Gasteiger partial charge in [-0.25, -0.2) is 4.98 Å². The van der Waals surface area contributed by atoms with Gasteiger partial charge in [-0.05, 0) is 40.1 Å². The van der Waals surface area contributed by atoms with Gasteiger partial charge in [-0.1, -0.05) is 6.07 Å². The summed E-state index contributed by atoms with van der Waals surface area (Å²) in [7, 11) is 4.10. The number of benzene rings is 1. The minimum atomic E-state index is -0.191. The first-order chi connectivity index (χ1) is 9.45. The Bertz CT molecular complexity index is 652. The van der Waals surface area contributed by atoms with Crippen LogP contribution >= 0.6 is 11.6 Å². The predicted molar refractivity (Wildman–Crippen MR) is 81.9 cm³/mol. The van der Waals surface area contributed by atoms with Gasteiger partial charge in [0.05, 0.1) is 16.5 Å². The highest BCUT2D eigenvalue weighted by Crippen LogP contribution is 2.26. The van der Waals surface area contributed by atoms with Crippen LogP contribution in [0.5, 0.6) is 0 Å². The van der Waals surface area contributed by atoms with E-state index in [9.17, 15) is 5.26 Å². The minimum absolute atomic E-state index is 0.191. The van der Waals surface area contributed by atoms with Crippen LogP contribution in [0.25, 0.3) is 11.0 Å². The molecule has 0 spiro atoms. The number of likely N-dealkylation sites (N-methyl/N-ethyl adjacent to an activating group) is 1. The molecule has 0 fully saturated rings. The first-order valence-corrected chi connectivity index (χ1v) is 7.09. The van der Waals surface area contributed by atoms with Crippen LogP contribution < -0.4 is 0 Å². The number of fused-ring (bicyclic) bond motifs is 1. The molecule has 0 bridgehead atoms. The number of alkyl halides is 1. The summed E-state index contributed by atoms with van der Waals surface area (Å²) in [5.41, 5.74) is 2.31. The quantitative estimate of drug-likeness (QED) is 0.813. The maximum absolute atomic E-state index is 9.20. The Kier molecular flexibility index (Phi) is 4.32. The molecule has 0 aliphatic heterocycles. The SMILES string of the molecule is CC(Cl)c1nc2c(C#N)cccc2n1CC(C)N(C)C. The molecule has 1 aromatic heterocycles. The minimum Gasteiger partial charge on any atom is -0.325 e. The summed E-state index contributed by atoms with van der Waals surface area (Å²) in [6.45, 7) is 4.86. The second-order valence-corrected chi connectivity index (χ2v) is 5.95. The second-order valence-electron chi connectivity index (χ2n) is 5.29. The predicted octanol–water partition coefficient (Wildman–Crippen LogP) is 3.16. The molecular weight excluding hydrogens is 272 g/mol. The highest BCUT2D eigenvalue weighted by Gasteiger charge is 2.19. The molecule has 0 saturated carbocycles. The van der Waals surface area contributed by atoms with E-state index in [0.717, 1.165) is 23.4 Å². The van der Waals surface area contributed by atoms with Crippen molar-refractivity contribution in [1.82, 2.24) is 14.5 Å². The highest BCUT2D eigenvalue weighted by molar-refractivity contribution is 6.20. The largest absolute Gasteiger partial charge is 0.325 e. The summed E-state index contributed by atoms with van der Waals surface area (Å²) in [5, 5.41) is 9.01. The molecule has 0 amide bonds. The van der Waals surface area contributed by atoms with Gasteiger partial charge >= 0.3 is 0 Å². The lowest BCUT2D eigenvalue weighted by Gasteiger charge is -2.22. The van der Waals surface area contributed by atoms with Gasteiger partial charge in [0, 0.05) is 12.6 Å². The van der Waals surface area contributed by atoms with E-state index < -0.39 is 0 Å². The van der Waals surface area contributed by atoms with Crippen LogP contribution in [-0.2, 0) is 6.54 Å². The summed E-state index contributed by atoms with van der Waals surface area (Å²) in [5.74, 6) is 0.818. The Labute approximate surface area is 124 Å². The fraction of sp³-hybridized carbons (Fsp3) is 0.467. The van der Waals surface area contributed by atoms with Crippen LogP contribution in [0.1, 0.15) is 30.6 Å². The van der Waals surface area contributed by atoms with E-state index in [4.69, 9.17) is 11.6 Å². The average molecular weight is 291 g/mol. The third kappa shape index (κ3) is 2.65. The van der Waals surface area contributed by atoms with Gasteiger partial charge in [0.25, 0.3) is 0 Å². The second kappa shape index (κ2) is 5.82. The molecule has 20 heavy (non-hydrogen) atoms. The molecule has 2 aromatic rings. The number of halogens is 1. The average Bonchev–Trinajstić information content (AvgIpc) is 2.77. The zero-order valence-electron chi connectivity index (χ0n) is 12.3. The Hall–Kier alpha value is -1.57. The molecule has 5 heteroatoms. The standard InChI is InChI=1S/C15H19ClN4/c1-10(19(3)4)9-20-13-7-5-6-12(8-17)14(13)18-15(20)11(2)16/h5-7,10-11H,9H2,1-4H3. The van der Waals surface area contributed by atoms with Crippen molar-refractivity contribution in [2.24, 2.45) is 0 Å². The summed E-state index contributed by atoms with van der Waals surface area (Å²) in [6.07, 6.45) is 0. The van der Waals surface area contributed by atoms with Crippen molar-refractivity contribution < 1.29 is 0 Å². The van der Waals surface area contributed by atoms with E-state index >= 15 is 0 Å². The molecule has 0 aliphatic rings. The van der Waals surface area contributed by atoms with E-state index in [1.807, 2.05) is 33.2 Å². The topological polar surface area (TPSA) is 44.9 Å². The molecular formula is C15H19ClN4. The molecule has 0 radical (unpaired) electrons. The Balaban J connectivity index is 2.61. The zero-order valence-corrected chi connectivity index (χ0v) is 13.0. The summed E-state index contributed by atoms with van der Waals surface area (Å²) in [6, 6.07) is 8.22. The monoisotopic (exact) mass is 290 g/mol. The van der Waals surface area contributed by atoms with Gasteiger partial charge in [-0.3, -0.25) is 0 Å². The normalized spacial score (nSPS) is 14.4. The van der Waals surface area contributed by atoms with Crippen LogP contribution in [0.3, 0.4) is 0 Å². The Morgan fingerprint density at radius 1 is 1.40 bits per heavy atom. The van der Waals surface area contributed by atoms with Gasteiger partial charge in [-0.15, -0.1) is 11.6 Å². The maximum Gasteiger partial charge on any atom is 0.127 e. The number of nitriles is 1. The third-order valence-corrected chi connectivity index (χ3v) is 3.81. The lowest BCUT2D eigenvalue weighted by Crippen LogP contribution is -2.29. The maximum atomic E-state index is 9.20. The van der Waals surface area contributed by atoms with E-state index in [-0.39, 0.29) is 5.38 Å². The van der Waals surface area contributed by atoms with Gasteiger partial charge in [0.1, 0.15) is 17.4 Å². The fourth-order valence-electron chi connectivity index (χ4n) is 2.18. The molecule has 106 valence electrons. The van der Waals surface area contributed by atoms with E-state index in [1.54, 1.807) is 6.07 Å². The van der Waals surface area contributed by atoms with E-state index in [2.05, 4.69) is 27.4 Å². The number of hydrogen-bond acceptors (Lipinski definition) is 3. The van der Waals surface area contributed by atoms with E-state index in [0.29, 0.717) is 11.6 Å². The number of aromatic nitrogens is 2. The molecule has 1 aromatic carbocycles. The fourth-order valence-corrected chi connectivity index (χ4v) is 2.34. The van der Waals surface area contributed by atoms with Crippen molar-refractivity contribution in [3.63, 3.8) is 0 Å². The van der Waals surface area contributed by atoms with Crippen LogP contribution in [0.15, 0.2) is 18.2 Å². The van der Waals surface area contributed by atoms with Crippen LogP contribution in [0, 0.1) is 11.3 Å². The zero-order chi connectivity index (χ0) is 14.9. The van der Waals surface area contributed by atoms with Crippen LogP contribution in [-0.4, -0.2) is 34.6 Å². The summed E-state index contributed by atoms with van der Waals surface area (Å²) in [4.78, 5) is 6.74. The lowest BCUT2D eigenvalue weighted by molar-refractivity contribution is 0.284. The first-order valence-electron chi connectivity index (χ1n) is 6.65. The molecule has 0 saturated heterocycles. The van der Waals surface area contributed by atoms with E-state index in [1.165, 1.54) is 0 Å². The molecule has 1 heterocycles. The summed E-state index contributed by atoms with van der Waals surface area (Å²) < 4.78 is 2.12. The van der Waals surface area contributed by atoms with Crippen molar-refractivity contribution in [3.8, 4) is 6.07 Å². The Morgan fingerprint density at radius 2 is 2.10 bits per heavy atom. The van der Waals surface area contributed by atoms with Crippen LogP contribution in [0.2, 0.25) is 0 Å². The number of para-hydroxylation sites is 1. The van der Waals surface area contributed by atoms with Crippen LogP contribution in [0.4, 0.5) is 0 Å². The molecule has 2 atom stereocenters. The summed E-state index contributed by atoms with van der Waals surface area (Å²) >= 11 is 6.26. The van der Waals surface area contributed by atoms with Gasteiger partial charge in [0.15, 0.2) is 0 Å². The van der Waals surface area contributed by atoms with Gasteiger partial charge in [-0.2, -0.15) is 5.26 Å². The number of rotatable bonds is 4. The number of hydrogen-bond donors (Lipinski definition) is 0. The van der Waals surface area contributed by atoms with Gasteiger partial charge < -0.3 is 9.47 Å². The van der Waals surface area contributed by atoms with Gasteiger partial charge in [0.2, 0.25) is 0 Å². The highest BCUT2D eigenvalue weighted by atomic mass is 35.5. The van der Waals surface area contributed by atoms with Crippen molar-refractivity contribution in [2.45, 2.75) is 31.8 Å². The van der Waals surface area contributed by atoms with Crippen molar-refractivity contribution in [3.05, 3.63) is 29.6 Å². The smallest absolute Gasteiger partial charge is 0.127 e. The van der Waals surface area contributed by atoms with Crippen molar-refractivity contribution in [1.29, 1.82) is 5.26 Å². The molecule has 2 unspecified atom stereocenters. The van der Waals surface area contributed by atoms with Crippen molar-refractivity contribution >= 4 is 22.6 Å². The molecule has 4 nitrogen and oxygen atoms in total. The molecule has 0 N–H and O–H groups in total. The number of nitrogens with zero attached hydrogens (tertiary/aromatic N) is 4. The molecule has 0 aliphatic carbocycles. The lowest BCUT2D eigenvalue weighted by atomic mass is 10.2. The molecule has 2 rings (SSSR count). The van der Waals surface area contributed by atoms with Crippen molar-refractivity contribution in [2.75, 3.05) is 14.1 Å².